The molecular formula is C17H12ClFN4O3S. The van der Waals surface area contributed by atoms with Gasteiger partial charge in [0.25, 0.3) is 11.1 Å². The molecule has 0 fully saturated rings. The van der Waals surface area contributed by atoms with Gasteiger partial charge in [0, 0.05) is 10.6 Å². The number of rotatable bonds is 5. The zero-order valence-corrected chi connectivity index (χ0v) is 15.2. The second-order valence-corrected chi connectivity index (χ2v) is 6.52. The van der Waals surface area contributed by atoms with E-state index in [1.54, 1.807) is 24.3 Å². The number of hydrogen-bond acceptors (Lipinski definition) is 6. The molecule has 2 N–H and O–H groups in total. The summed E-state index contributed by atoms with van der Waals surface area (Å²) in [5, 5.41) is 8.44. The minimum absolute atomic E-state index is 0.0886. The minimum atomic E-state index is -0.757. The van der Waals surface area contributed by atoms with E-state index in [9.17, 15) is 14.0 Å². The molecule has 138 valence electrons. The summed E-state index contributed by atoms with van der Waals surface area (Å²) in [5.74, 6) is -1.78. The first-order valence-corrected chi connectivity index (χ1v) is 8.95. The molecule has 1 heterocycles. The highest BCUT2D eigenvalue weighted by Crippen LogP contribution is 2.24. The van der Waals surface area contributed by atoms with E-state index in [0.29, 0.717) is 10.6 Å². The van der Waals surface area contributed by atoms with Crippen LogP contribution in [-0.2, 0) is 4.79 Å². The molecule has 0 radical (unpaired) electrons. The van der Waals surface area contributed by atoms with E-state index in [1.165, 1.54) is 18.2 Å². The van der Waals surface area contributed by atoms with Gasteiger partial charge in [0.05, 0.1) is 11.3 Å². The molecule has 0 spiro atoms. The standard InChI is InChI=1S/C17H12ClFN4O3S/c18-11-5-3-4-10(8-11)16-22-23-17(26-16)27-9-14(24)20-21-15(25)12-6-1-2-7-13(12)19/h1-8H,9H2,(H,20,24)(H,21,25). The van der Waals surface area contributed by atoms with Crippen molar-refractivity contribution in [1.29, 1.82) is 0 Å². The van der Waals surface area contributed by atoms with E-state index in [4.69, 9.17) is 16.0 Å². The Hall–Kier alpha value is -2.91. The summed E-state index contributed by atoms with van der Waals surface area (Å²) in [6.45, 7) is 0. The van der Waals surface area contributed by atoms with Crippen molar-refractivity contribution < 1.29 is 18.4 Å². The first-order chi connectivity index (χ1) is 13.0. The Morgan fingerprint density at radius 2 is 1.93 bits per heavy atom. The van der Waals surface area contributed by atoms with E-state index in [0.717, 1.165) is 17.8 Å². The molecule has 0 unspecified atom stereocenters. The van der Waals surface area contributed by atoms with Crippen molar-refractivity contribution >= 4 is 35.2 Å². The lowest BCUT2D eigenvalue weighted by atomic mass is 10.2. The fourth-order valence-electron chi connectivity index (χ4n) is 2.01. The van der Waals surface area contributed by atoms with Crippen LogP contribution in [0.15, 0.2) is 58.2 Å². The number of thioether (sulfide) groups is 1. The van der Waals surface area contributed by atoms with Crippen LogP contribution in [-0.4, -0.2) is 27.8 Å². The molecule has 3 aromatic rings. The fraction of sp³-hybridized carbons (Fsp3) is 0.0588. The zero-order valence-electron chi connectivity index (χ0n) is 13.6. The number of hydrazine groups is 1. The number of nitrogens with one attached hydrogen (secondary N) is 2. The molecule has 0 saturated heterocycles. The second kappa shape index (κ2) is 8.65. The summed E-state index contributed by atoms with van der Waals surface area (Å²) in [6, 6.07) is 12.3. The molecule has 27 heavy (non-hydrogen) atoms. The number of nitrogens with zero attached hydrogens (tertiary/aromatic N) is 2. The van der Waals surface area contributed by atoms with E-state index in [2.05, 4.69) is 21.0 Å². The Morgan fingerprint density at radius 3 is 2.70 bits per heavy atom. The number of amides is 2. The summed E-state index contributed by atoms with van der Waals surface area (Å²) in [7, 11) is 0. The molecule has 2 aromatic carbocycles. The smallest absolute Gasteiger partial charge is 0.277 e. The van der Waals surface area contributed by atoms with Crippen LogP contribution >= 0.6 is 23.4 Å². The number of hydrogen-bond donors (Lipinski definition) is 2. The van der Waals surface area contributed by atoms with E-state index in [1.807, 2.05) is 0 Å². The molecule has 0 aliphatic rings. The van der Waals surface area contributed by atoms with Gasteiger partial charge in [0.2, 0.25) is 11.8 Å². The number of carbonyl (C=O) groups excluding carboxylic acids is 2. The van der Waals surface area contributed by atoms with Gasteiger partial charge in [-0.05, 0) is 30.3 Å². The van der Waals surface area contributed by atoms with E-state index < -0.39 is 17.6 Å². The van der Waals surface area contributed by atoms with Gasteiger partial charge in [-0.2, -0.15) is 0 Å². The van der Waals surface area contributed by atoms with Crippen LogP contribution in [0.4, 0.5) is 4.39 Å². The lowest BCUT2D eigenvalue weighted by Crippen LogP contribution is -2.42. The van der Waals surface area contributed by atoms with Crippen LogP contribution in [0.1, 0.15) is 10.4 Å². The molecule has 3 rings (SSSR count). The average Bonchev–Trinajstić information content (AvgIpc) is 3.14. The van der Waals surface area contributed by atoms with Crippen molar-refractivity contribution in [3.63, 3.8) is 0 Å². The van der Waals surface area contributed by atoms with Crippen molar-refractivity contribution in [3.8, 4) is 11.5 Å². The van der Waals surface area contributed by atoms with Crippen LogP contribution in [0.5, 0.6) is 0 Å². The van der Waals surface area contributed by atoms with E-state index >= 15 is 0 Å². The molecule has 10 heteroatoms. The van der Waals surface area contributed by atoms with Gasteiger partial charge in [-0.15, -0.1) is 10.2 Å². The van der Waals surface area contributed by atoms with Crippen molar-refractivity contribution in [3.05, 3.63) is 64.9 Å². The van der Waals surface area contributed by atoms with Crippen molar-refractivity contribution in [2.45, 2.75) is 5.22 Å². The summed E-state index contributed by atoms with van der Waals surface area (Å²) in [6.07, 6.45) is 0. The van der Waals surface area contributed by atoms with Crippen LogP contribution in [0.25, 0.3) is 11.5 Å². The fourth-order valence-corrected chi connectivity index (χ4v) is 2.76. The monoisotopic (exact) mass is 406 g/mol. The molecule has 2 amide bonds. The van der Waals surface area contributed by atoms with Gasteiger partial charge in [-0.25, -0.2) is 4.39 Å². The summed E-state index contributed by atoms with van der Waals surface area (Å²) in [4.78, 5) is 23.6. The van der Waals surface area contributed by atoms with E-state index in [-0.39, 0.29) is 22.4 Å². The van der Waals surface area contributed by atoms with Crippen molar-refractivity contribution in [2.75, 3.05) is 5.75 Å². The Labute approximate surface area is 162 Å². The Balaban J connectivity index is 1.50. The minimum Gasteiger partial charge on any atom is -0.411 e. The average molecular weight is 407 g/mol. The molecule has 0 atom stereocenters. The van der Waals surface area contributed by atoms with Gasteiger partial charge >= 0.3 is 0 Å². The Bertz CT molecular complexity index is 982. The molecule has 0 bridgehead atoms. The maximum Gasteiger partial charge on any atom is 0.277 e. The summed E-state index contributed by atoms with van der Waals surface area (Å²) >= 11 is 6.90. The number of halogens is 2. The lowest BCUT2D eigenvalue weighted by Gasteiger charge is -2.07. The van der Waals surface area contributed by atoms with Gasteiger partial charge < -0.3 is 4.42 Å². The van der Waals surface area contributed by atoms with Gasteiger partial charge in [0.1, 0.15) is 5.82 Å². The van der Waals surface area contributed by atoms with Crippen LogP contribution < -0.4 is 10.9 Å². The predicted molar refractivity (Wildman–Crippen MR) is 97.5 cm³/mol. The number of aromatic nitrogens is 2. The molecule has 0 aliphatic heterocycles. The first-order valence-electron chi connectivity index (χ1n) is 7.59. The Kier molecular flexibility index (Phi) is 6.05. The highest BCUT2D eigenvalue weighted by Gasteiger charge is 2.14. The SMILES string of the molecule is O=C(CSc1nnc(-c2cccc(Cl)c2)o1)NNC(=O)c1ccccc1F. The van der Waals surface area contributed by atoms with Gasteiger partial charge in [-0.1, -0.05) is 41.6 Å². The normalized spacial score (nSPS) is 10.4. The zero-order chi connectivity index (χ0) is 19.2. The maximum atomic E-state index is 13.5. The topological polar surface area (TPSA) is 97.1 Å². The highest BCUT2D eigenvalue weighted by atomic mass is 35.5. The van der Waals surface area contributed by atoms with Crippen LogP contribution in [0.2, 0.25) is 5.02 Å². The van der Waals surface area contributed by atoms with Gasteiger partial charge in [-0.3, -0.25) is 20.4 Å². The molecule has 1 aromatic heterocycles. The van der Waals surface area contributed by atoms with Crippen LogP contribution in [0, 0.1) is 5.82 Å². The third-order valence-electron chi connectivity index (χ3n) is 3.24. The van der Waals surface area contributed by atoms with Crippen LogP contribution in [0.3, 0.4) is 0 Å². The quantitative estimate of drug-likeness (QED) is 0.499. The molecule has 0 aliphatic carbocycles. The third kappa shape index (κ3) is 5.05. The first kappa shape index (κ1) is 18.9. The molecule has 7 nitrogen and oxygen atoms in total. The third-order valence-corrected chi connectivity index (χ3v) is 4.29. The lowest BCUT2D eigenvalue weighted by molar-refractivity contribution is -0.119. The predicted octanol–water partition coefficient (Wildman–Crippen LogP) is 3.08. The van der Waals surface area contributed by atoms with Crippen molar-refractivity contribution in [1.82, 2.24) is 21.0 Å². The number of benzene rings is 2. The van der Waals surface area contributed by atoms with Crippen molar-refractivity contribution in [2.24, 2.45) is 0 Å². The molecule has 0 saturated carbocycles. The molecular weight excluding hydrogens is 395 g/mol. The van der Waals surface area contributed by atoms with Gasteiger partial charge in [0.15, 0.2) is 0 Å². The second-order valence-electron chi connectivity index (χ2n) is 5.15. The Morgan fingerprint density at radius 1 is 1.11 bits per heavy atom. The maximum absolute atomic E-state index is 13.5. The highest BCUT2D eigenvalue weighted by molar-refractivity contribution is 7.99. The summed E-state index contributed by atoms with van der Waals surface area (Å²) < 4.78 is 18.9. The largest absolute Gasteiger partial charge is 0.411 e. The number of carbonyl (C=O) groups is 2. The summed E-state index contributed by atoms with van der Waals surface area (Å²) in [5.41, 5.74) is 4.81.